The number of thiophene rings is 1. The van der Waals surface area contributed by atoms with Crippen LogP contribution in [0.3, 0.4) is 0 Å². The Balaban J connectivity index is 1.68. The Hall–Kier alpha value is -1.63. The fraction of sp³-hybridized carbons (Fsp3) is 0.471. The van der Waals surface area contributed by atoms with Gasteiger partial charge in [-0.2, -0.15) is 0 Å². The number of fused-ring (bicyclic) bond motifs is 1. The Morgan fingerprint density at radius 1 is 1.35 bits per heavy atom. The molecule has 2 aromatic rings. The van der Waals surface area contributed by atoms with Crippen molar-refractivity contribution in [2.24, 2.45) is 0 Å². The first-order chi connectivity index (χ1) is 11.1. The normalized spacial score (nSPS) is 18.4. The molecule has 0 radical (unpaired) electrons. The first-order valence-corrected chi connectivity index (χ1v) is 8.70. The zero-order valence-electron chi connectivity index (χ0n) is 13.6. The predicted octanol–water partition coefficient (Wildman–Crippen LogP) is 2.04. The molecule has 6 heteroatoms. The summed E-state index contributed by atoms with van der Waals surface area (Å²) in [7, 11) is 3.51. The van der Waals surface area contributed by atoms with Crippen molar-refractivity contribution in [1.82, 2.24) is 14.4 Å². The van der Waals surface area contributed by atoms with Crippen molar-refractivity contribution in [1.29, 1.82) is 0 Å². The van der Waals surface area contributed by atoms with E-state index in [-0.39, 0.29) is 18.6 Å². The van der Waals surface area contributed by atoms with Crippen LogP contribution in [0.25, 0.3) is 0 Å². The third kappa shape index (κ3) is 4.22. The van der Waals surface area contributed by atoms with Gasteiger partial charge in [-0.05, 0) is 23.6 Å². The van der Waals surface area contributed by atoms with E-state index in [1.165, 1.54) is 10.6 Å². The lowest BCUT2D eigenvalue weighted by atomic mass is 10.3. The Kier molecular flexibility index (Phi) is 5.15. The smallest absolute Gasteiger partial charge is 0.248 e. The van der Waals surface area contributed by atoms with Crippen molar-refractivity contribution in [3.8, 4) is 0 Å². The van der Waals surface area contributed by atoms with Gasteiger partial charge < -0.3 is 14.2 Å². The first kappa shape index (κ1) is 16.2. The van der Waals surface area contributed by atoms with Gasteiger partial charge in [-0.3, -0.25) is 9.69 Å². The van der Waals surface area contributed by atoms with Gasteiger partial charge in [-0.25, -0.2) is 0 Å². The summed E-state index contributed by atoms with van der Waals surface area (Å²) in [5, 5.41) is 2.11. The number of amides is 1. The second-order valence-corrected chi connectivity index (χ2v) is 7.15. The highest BCUT2D eigenvalue weighted by Gasteiger charge is 2.23. The van der Waals surface area contributed by atoms with Gasteiger partial charge in [0.25, 0.3) is 0 Å². The van der Waals surface area contributed by atoms with E-state index in [9.17, 15) is 4.79 Å². The quantitative estimate of drug-likeness (QED) is 0.840. The van der Waals surface area contributed by atoms with Crippen LogP contribution in [-0.2, 0) is 29.2 Å². The van der Waals surface area contributed by atoms with Crippen LogP contribution in [0.15, 0.2) is 35.8 Å². The SMILES string of the molecule is CN(C)C(=O)CO[C@@H]1CN(Cc2cccs2)Cc2cccn2C1. The average Bonchev–Trinajstić information content (AvgIpc) is 3.14. The lowest BCUT2D eigenvalue weighted by Crippen LogP contribution is -2.35. The number of carbonyl (C=O) groups is 1. The molecule has 0 bridgehead atoms. The summed E-state index contributed by atoms with van der Waals surface area (Å²) in [6.45, 7) is 3.60. The standard InChI is InChI=1S/C17H23N3O2S/c1-18(2)17(21)13-22-15-10-19(12-16-6-4-8-23-16)9-14-5-3-7-20(14)11-15/h3-8,15H,9-13H2,1-2H3/t15-/m1/s1. The van der Waals surface area contributed by atoms with Gasteiger partial charge in [-0.15, -0.1) is 11.3 Å². The van der Waals surface area contributed by atoms with E-state index >= 15 is 0 Å². The highest BCUT2D eigenvalue weighted by Crippen LogP contribution is 2.19. The molecule has 2 aromatic heterocycles. The van der Waals surface area contributed by atoms with Gasteiger partial charge in [0.2, 0.25) is 5.91 Å². The molecule has 0 aliphatic carbocycles. The van der Waals surface area contributed by atoms with Crippen molar-refractivity contribution in [2.75, 3.05) is 27.2 Å². The monoisotopic (exact) mass is 333 g/mol. The number of ether oxygens (including phenoxy) is 1. The number of hydrogen-bond donors (Lipinski definition) is 0. The van der Waals surface area contributed by atoms with Gasteiger partial charge in [-0.1, -0.05) is 6.07 Å². The minimum absolute atomic E-state index is 0.00628. The molecular formula is C17H23N3O2S. The summed E-state index contributed by atoms with van der Waals surface area (Å²) < 4.78 is 8.15. The lowest BCUT2D eigenvalue weighted by molar-refractivity contribution is -0.136. The van der Waals surface area contributed by atoms with Gasteiger partial charge >= 0.3 is 0 Å². The maximum absolute atomic E-state index is 11.8. The molecular weight excluding hydrogens is 310 g/mol. The summed E-state index contributed by atoms with van der Waals surface area (Å²) in [6, 6.07) is 8.49. The molecule has 3 rings (SSSR count). The van der Waals surface area contributed by atoms with Gasteiger partial charge in [0.05, 0.1) is 6.10 Å². The van der Waals surface area contributed by atoms with E-state index in [4.69, 9.17) is 4.74 Å². The van der Waals surface area contributed by atoms with Gasteiger partial charge in [0, 0.05) is 57.0 Å². The van der Waals surface area contributed by atoms with Crippen LogP contribution in [0.4, 0.5) is 0 Å². The molecule has 3 heterocycles. The van der Waals surface area contributed by atoms with Crippen molar-refractivity contribution in [3.05, 3.63) is 46.4 Å². The minimum Gasteiger partial charge on any atom is -0.365 e. The largest absolute Gasteiger partial charge is 0.365 e. The van der Waals surface area contributed by atoms with E-state index < -0.39 is 0 Å². The van der Waals surface area contributed by atoms with Crippen LogP contribution < -0.4 is 0 Å². The Morgan fingerprint density at radius 3 is 2.96 bits per heavy atom. The van der Waals surface area contributed by atoms with Crippen LogP contribution >= 0.6 is 11.3 Å². The summed E-state index contributed by atoms with van der Waals surface area (Å²) in [4.78, 5) is 17.1. The molecule has 1 atom stereocenters. The molecule has 23 heavy (non-hydrogen) atoms. The fourth-order valence-electron chi connectivity index (χ4n) is 2.80. The third-order valence-corrected chi connectivity index (χ3v) is 4.93. The molecule has 0 saturated carbocycles. The maximum Gasteiger partial charge on any atom is 0.248 e. The van der Waals surface area contributed by atoms with Crippen molar-refractivity contribution >= 4 is 17.2 Å². The van der Waals surface area contributed by atoms with Crippen LogP contribution in [0, 0.1) is 0 Å². The van der Waals surface area contributed by atoms with E-state index in [1.54, 1.807) is 30.3 Å². The van der Waals surface area contributed by atoms with Crippen LogP contribution in [0.2, 0.25) is 0 Å². The molecule has 0 saturated heterocycles. The van der Waals surface area contributed by atoms with Crippen molar-refractivity contribution in [3.63, 3.8) is 0 Å². The molecule has 1 aliphatic heterocycles. The molecule has 0 spiro atoms. The van der Waals surface area contributed by atoms with Gasteiger partial charge in [0.1, 0.15) is 6.61 Å². The van der Waals surface area contributed by atoms with E-state index in [1.807, 2.05) is 0 Å². The molecule has 0 unspecified atom stereocenters. The van der Waals surface area contributed by atoms with E-state index in [0.29, 0.717) is 0 Å². The number of rotatable bonds is 5. The molecule has 124 valence electrons. The second kappa shape index (κ2) is 7.29. The Labute approximate surface area is 141 Å². The first-order valence-electron chi connectivity index (χ1n) is 7.82. The zero-order chi connectivity index (χ0) is 16.2. The summed E-state index contributed by atoms with van der Waals surface area (Å²) in [5.74, 6) is 0.00628. The molecule has 5 nitrogen and oxygen atoms in total. The molecule has 1 amide bonds. The summed E-state index contributed by atoms with van der Waals surface area (Å²) in [6.07, 6.45) is 2.11. The number of aromatic nitrogens is 1. The topological polar surface area (TPSA) is 37.7 Å². The number of hydrogen-bond acceptors (Lipinski definition) is 4. The highest BCUT2D eigenvalue weighted by atomic mass is 32.1. The van der Waals surface area contributed by atoms with Crippen molar-refractivity contribution < 1.29 is 9.53 Å². The van der Waals surface area contributed by atoms with Crippen LogP contribution in [0.1, 0.15) is 10.6 Å². The predicted molar refractivity (Wildman–Crippen MR) is 91.3 cm³/mol. The molecule has 0 N–H and O–H groups in total. The van der Waals surface area contributed by atoms with Crippen LogP contribution in [-0.4, -0.2) is 53.6 Å². The van der Waals surface area contributed by atoms with Gasteiger partial charge in [0.15, 0.2) is 0 Å². The zero-order valence-corrected chi connectivity index (χ0v) is 14.5. The second-order valence-electron chi connectivity index (χ2n) is 6.12. The third-order valence-electron chi connectivity index (χ3n) is 4.07. The maximum atomic E-state index is 11.8. The molecule has 1 aliphatic rings. The van der Waals surface area contributed by atoms with Crippen LogP contribution in [0.5, 0.6) is 0 Å². The van der Waals surface area contributed by atoms with Crippen molar-refractivity contribution in [2.45, 2.75) is 25.7 Å². The fourth-order valence-corrected chi connectivity index (χ4v) is 3.54. The number of nitrogens with zero attached hydrogens (tertiary/aromatic N) is 3. The Morgan fingerprint density at radius 2 is 2.22 bits per heavy atom. The molecule has 0 fully saturated rings. The summed E-state index contributed by atoms with van der Waals surface area (Å²) in [5.41, 5.74) is 1.30. The average molecular weight is 333 g/mol. The lowest BCUT2D eigenvalue weighted by Gasteiger charge is -2.24. The number of likely N-dealkylation sites (N-methyl/N-ethyl adjacent to an activating group) is 1. The number of carbonyl (C=O) groups excluding carboxylic acids is 1. The Bertz CT molecular complexity index is 636. The molecule has 0 aromatic carbocycles. The summed E-state index contributed by atoms with van der Waals surface area (Å²) >= 11 is 1.78. The van der Waals surface area contributed by atoms with E-state index in [2.05, 4.69) is 45.3 Å². The van der Waals surface area contributed by atoms with E-state index in [0.717, 1.165) is 26.2 Å². The highest BCUT2D eigenvalue weighted by molar-refractivity contribution is 7.09. The minimum atomic E-state index is 0.00628.